The van der Waals surface area contributed by atoms with Crippen LogP contribution < -0.4 is 0 Å². The zero-order chi connectivity index (χ0) is 24.1. The highest BCUT2D eigenvalue weighted by Gasteiger charge is 2.21. The number of unbranched alkanes of at least 4 members (excludes halogenated alkanes) is 1. The highest BCUT2D eigenvalue weighted by Crippen LogP contribution is 2.28. The Morgan fingerprint density at radius 3 is 2.53 bits per heavy atom. The molecule has 0 spiro atoms. The molecule has 0 radical (unpaired) electrons. The number of tetrazole rings is 1. The van der Waals surface area contributed by atoms with E-state index in [0.717, 1.165) is 48.6 Å². The van der Waals surface area contributed by atoms with Crippen LogP contribution >= 0.6 is 0 Å². The molecule has 1 N–H and O–H groups in total. The van der Waals surface area contributed by atoms with Crippen LogP contribution in [0, 0.1) is 22.7 Å². The molecule has 0 aliphatic heterocycles. The van der Waals surface area contributed by atoms with Gasteiger partial charge in [0.25, 0.3) is 0 Å². The molecule has 0 aliphatic rings. The number of hydrogen-bond donors (Lipinski definition) is 1. The Morgan fingerprint density at radius 1 is 1.12 bits per heavy atom. The third-order valence-electron chi connectivity index (χ3n) is 5.88. The molecule has 10 nitrogen and oxygen atoms in total. The van der Waals surface area contributed by atoms with Gasteiger partial charge in [-0.2, -0.15) is 15.6 Å². The summed E-state index contributed by atoms with van der Waals surface area (Å²) >= 11 is 0. The lowest BCUT2D eigenvalue weighted by molar-refractivity contribution is 0.574. The number of nitrogens with one attached hydrogen (secondary N) is 1. The van der Waals surface area contributed by atoms with Gasteiger partial charge >= 0.3 is 0 Å². The smallest absolute Gasteiger partial charge is 0.197 e. The Hall–Kier alpha value is -4.31. The van der Waals surface area contributed by atoms with Crippen molar-refractivity contribution < 1.29 is 0 Å². The number of nitrogens with zero attached hydrogens (tertiary/aromatic N) is 9. The highest BCUT2D eigenvalue weighted by atomic mass is 15.5. The van der Waals surface area contributed by atoms with Crippen molar-refractivity contribution in [1.82, 2.24) is 40.0 Å². The predicted molar refractivity (Wildman–Crippen MR) is 125 cm³/mol. The second-order valence-corrected chi connectivity index (χ2v) is 8.22. The summed E-state index contributed by atoms with van der Waals surface area (Å²) in [5.41, 5.74) is 2.89. The first-order chi connectivity index (χ1) is 16.6. The Kier molecular flexibility index (Phi) is 6.79. The van der Waals surface area contributed by atoms with Gasteiger partial charge in [-0.1, -0.05) is 39.3 Å². The molecule has 3 aromatic heterocycles. The van der Waals surface area contributed by atoms with Gasteiger partial charge in [-0.15, -0.1) is 5.10 Å². The molecular formula is C24H26N10. The molecule has 0 aliphatic carbocycles. The van der Waals surface area contributed by atoms with Gasteiger partial charge < -0.3 is 0 Å². The van der Waals surface area contributed by atoms with Crippen LogP contribution in [0.15, 0.2) is 30.3 Å². The zero-order valence-corrected chi connectivity index (χ0v) is 19.5. The van der Waals surface area contributed by atoms with E-state index in [1.54, 1.807) is 4.57 Å². The normalized spacial score (nSPS) is 11.8. The molecule has 1 aromatic carbocycles. The third kappa shape index (κ3) is 4.44. The molecule has 0 saturated heterocycles. The van der Waals surface area contributed by atoms with Crippen molar-refractivity contribution in [2.45, 2.75) is 58.9 Å². The Labute approximate surface area is 197 Å². The second-order valence-electron chi connectivity index (χ2n) is 8.22. The molecule has 10 heteroatoms. The van der Waals surface area contributed by atoms with E-state index in [-0.39, 0.29) is 0 Å². The van der Waals surface area contributed by atoms with E-state index < -0.39 is 0 Å². The van der Waals surface area contributed by atoms with Gasteiger partial charge in [0, 0.05) is 18.0 Å². The van der Waals surface area contributed by atoms with Crippen LogP contribution in [-0.2, 0) is 13.0 Å². The Bertz CT molecular complexity index is 1330. The van der Waals surface area contributed by atoms with Gasteiger partial charge in [0.1, 0.15) is 29.4 Å². The van der Waals surface area contributed by atoms with Crippen LogP contribution in [0.25, 0.3) is 17.2 Å². The van der Waals surface area contributed by atoms with Gasteiger partial charge in [-0.3, -0.25) is 4.57 Å². The Morgan fingerprint density at radius 2 is 1.91 bits per heavy atom. The summed E-state index contributed by atoms with van der Waals surface area (Å²) in [4.78, 5) is 4.81. The molecule has 0 amide bonds. The molecule has 4 aromatic rings. The van der Waals surface area contributed by atoms with Crippen LogP contribution in [0.2, 0.25) is 0 Å². The van der Waals surface area contributed by atoms with Crippen molar-refractivity contribution in [2.24, 2.45) is 0 Å². The third-order valence-corrected chi connectivity index (χ3v) is 5.88. The van der Waals surface area contributed by atoms with Crippen molar-refractivity contribution in [3.05, 3.63) is 58.8 Å². The number of aromatic amines is 1. The minimum atomic E-state index is 0.319. The summed E-state index contributed by atoms with van der Waals surface area (Å²) < 4.78 is 3.69. The second kappa shape index (κ2) is 10.1. The summed E-state index contributed by atoms with van der Waals surface area (Å²) in [6.07, 6.45) is 4.07. The number of aromatic nitrogens is 8. The van der Waals surface area contributed by atoms with E-state index in [4.69, 9.17) is 10.1 Å². The van der Waals surface area contributed by atoms with Crippen LogP contribution in [-0.4, -0.2) is 40.0 Å². The number of nitriles is 2. The maximum absolute atomic E-state index is 9.67. The molecule has 3 heterocycles. The number of benzene rings is 1. The molecule has 34 heavy (non-hydrogen) atoms. The lowest BCUT2D eigenvalue weighted by Gasteiger charge is -2.12. The minimum absolute atomic E-state index is 0.319. The van der Waals surface area contributed by atoms with Crippen LogP contribution in [0.4, 0.5) is 0 Å². The van der Waals surface area contributed by atoms with E-state index in [9.17, 15) is 10.5 Å². The largest absolute Gasteiger partial charge is 0.297 e. The average molecular weight is 455 g/mol. The molecule has 0 saturated carbocycles. The van der Waals surface area contributed by atoms with E-state index in [1.807, 2.05) is 28.9 Å². The molecule has 1 unspecified atom stereocenters. The van der Waals surface area contributed by atoms with Gasteiger partial charge in [0.15, 0.2) is 11.6 Å². The first-order valence-corrected chi connectivity index (χ1v) is 11.4. The van der Waals surface area contributed by atoms with Crippen LogP contribution in [0.1, 0.15) is 74.4 Å². The summed E-state index contributed by atoms with van der Waals surface area (Å²) in [7, 11) is 0. The topological polar surface area (TPSA) is 138 Å². The lowest BCUT2D eigenvalue weighted by Crippen LogP contribution is -2.10. The van der Waals surface area contributed by atoms with Gasteiger partial charge in [0.2, 0.25) is 0 Å². The molecule has 172 valence electrons. The average Bonchev–Trinajstić information content (AvgIpc) is 3.60. The molecular weight excluding hydrogens is 428 g/mol. The quantitative estimate of drug-likeness (QED) is 0.405. The van der Waals surface area contributed by atoms with Crippen molar-refractivity contribution >= 4 is 0 Å². The predicted octanol–water partition coefficient (Wildman–Crippen LogP) is 3.90. The first kappa shape index (κ1) is 22.9. The molecule has 1 atom stereocenters. The summed E-state index contributed by atoms with van der Waals surface area (Å²) in [5.74, 6) is 2.55. The fraction of sp³-hybridized carbons (Fsp3) is 0.375. The van der Waals surface area contributed by atoms with Crippen molar-refractivity contribution in [1.29, 1.82) is 10.5 Å². The fourth-order valence-corrected chi connectivity index (χ4v) is 3.87. The fourth-order valence-electron chi connectivity index (χ4n) is 3.87. The SMILES string of the molecule is CCCCc1nc(C(C)CC)n(Cc2ccc(-n3c(C#N)cc(C#N)c3-c3nnn[nH]3)cc2)n1. The van der Waals surface area contributed by atoms with Gasteiger partial charge in [-0.05, 0) is 47.0 Å². The van der Waals surface area contributed by atoms with Crippen molar-refractivity contribution in [3.63, 3.8) is 0 Å². The number of aryl methyl sites for hydroxylation is 1. The van der Waals surface area contributed by atoms with E-state index >= 15 is 0 Å². The minimum Gasteiger partial charge on any atom is -0.297 e. The maximum atomic E-state index is 9.67. The van der Waals surface area contributed by atoms with Gasteiger partial charge in [0.05, 0.1) is 12.1 Å². The highest BCUT2D eigenvalue weighted by molar-refractivity contribution is 5.67. The van der Waals surface area contributed by atoms with E-state index in [1.165, 1.54) is 6.07 Å². The number of H-pyrrole nitrogens is 1. The lowest BCUT2D eigenvalue weighted by atomic mass is 10.1. The monoisotopic (exact) mass is 454 g/mol. The van der Waals surface area contributed by atoms with Crippen LogP contribution in [0.3, 0.4) is 0 Å². The molecule has 0 bridgehead atoms. The summed E-state index contributed by atoms with van der Waals surface area (Å²) in [5, 5.41) is 37.9. The number of rotatable bonds is 9. The zero-order valence-electron chi connectivity index (χ0n) is 19.5. The van der Waals surface area contributed by atoms with Crippen molar-refractivity contribution in [3.8, 4) is 29.3 Å². The maximum Gasteiger partial charge on any atom is 0.197 e. The molecule has 4 rings (SSSR count). The standard InChI is InChI=1S/C24H26N10/c1-4-6-7-21-27-24(16(3)5-2)33(30-21)15-17-8-10-19(11-9-17)34-20(14-26)12-18(13-25)22(34)23-28-31-32-29-23/h8-12,16H,4-7,15H2,1-3H3,(H,28,29,31,32). The summed E-state index contributed by atoms with van der Waals surface area (Å²) in [6, 6.07) is 13.7. The molecule has 0 fully saturated rings. The number of hydrogen-bond acceptors (Lipinski definition) is 7. The Balaban J connectivity index is 1.67. The van der Waals surface area contributed by atoms with Gasteiger partial charge in [-0.25, -0.2) is 14.8 Å². The van der Waals surface area contributed by atoms with E-state index in [2.05, 4.69) is 53.5 Å². The van der Waals surface area contributed by atoms with Crippen LogP contribution in [0.5, 0.6) is 0 Å². The first-order valence-electron chi connectivity index (χ1n) is 11.4. The van der Waals surface area contributed by atoms with Crippen molar-refractivity contribution in [2.75, 3.05) is 0 Å². The summed E-state index contributed by atoms with van der Waals surface area (Å²) in [6.45, 7) is 7.11. The van der Waals surface area contributed by atoms with E-state index in [0.29, 0.717) is 35.2 Å².